The van der Waals surface area contributed by atoms with Crippen LogP contribution in [-0.2, 0) is 11.3 Å². The summed E-state index contributed by atoms with van der Waals surface area (Å²) in [5.41, 5.74) is 1.70. The van der Waals surface area contributed by atoms with E-state index in [2.05, 4.69) is 10.00 Å². The highest BCUT2D eigenvalue weighted by atomic mass is 19.1. The normalized spacial score (nSPS) is 15.3. The molecule has 27 heavy (non-hydrogen) atoms. The molecule has 1 aromatic heterocycles. The maximum atomic E-state index is 13.2. The molecule has 7 nitrogen and oxygen atoms in total. The molecule has 8 heteroatoms. The number of halogens is 1. The van der Waals surface area contributed by atoms with E-state index >= 15 is 0 Å². The summed E-state index contributed by atoms with van der Waals surface area (Å²) in [6, 6.07) is 8.91. The van der Waals surface area contributed by atoms with Crippen LogP contribution < -0.4 is 0 Å². The number of fused-ring (bicyclic) bond motifs is 1. The van der Waals surface area contributed by atoms with Gasteiger partial charge in [-0.3, -0.25) is 19.7 Å². The van der Waals surface area contributed by atoms with Crippen LogP contribution in [0.15, 0.2) is 42.6 Å². The lowest BCUT2D eigenvalue weighted by atomic mass is 10.0. The molecule has 0 aliphatic carbocycles. The minimum Gasteiger partial charge on any atom is -0.379 e. The van der Waals surface area contributed by atoms with E-state index < -0.39 is 4.92 Å². The summed E-state index contributed by atoms with van der Waals surface area (Å²) in [5.74, 6) is -0.380. The van der Waals surface area contributed by atoms with E-state index in [1.807, 2.05) is 10.9 Å². The van der Waals surface area contributed by atoms with Crippen molar-refractivity contribution in [3.63, 3.8) is 0 Å². The molecular formula is C19H19FN4O3. The van der Waals surface area contributed by atoms with Gasteiger partial charge in [0.15, 0.2) is 0 Å². The molecule has 2 aromatic carbocycles. The molecule has 0 spiro atoms. The molecule has 0 atom stereocenters. The van der Waals surface area contributed by atoms with Crippen molar-refractivity contribution in [3.05, 3.63) is 58.5 Å². The molecule has 140 valence electrons. The minimum atomic E-state index is -0.413. The van der Waals surface area contributed by atoms with Gasteiger partial charge in [-0.1, -0.05) is 12.1 Å². The number of aromatic nitrogens is 2. The van der Waals surface area contributed by atoms with Crippen molar-refractivity contribution in [2.24, 2.45) is 0 Å². The molecule has 1 aliphatic rings. The number of hydrogen-bond acceptors (Lipinski definition) is 5. The third-order valence-corrected chi connectivity index (χ3v) is 4.77. The first-order chi connectivity index (χ1) is 13.1. The van der Waals surface area contributed by atoms with Crippen molar-refractivity contribution in [2.75, 3.05) is 32.8 Å². The Kier molecular flexibility index (Phi) is 4.83. The fraction of sp³-hybridized carbons (Fsp3) is 0.316. The highest BCUT2D eigenvalue weighted by Gasteiger charge is 2.19. The zero-order valence-electron chi connectivity index (χ0n) is 14.7. The van der Waals surface area contributed by atoms with Gasteiger partial charge in [-0.05, 0) is 23.8 Å². The van der Waals surface area contributed by atoms with E-state index in [4.69, 9.17) is 4.74 Å². The number of benzene rings is 2. The SMILES string of the molecule is O=[N+]([O-])c1cc2cn(CCN3CCOCC3)nc2cc1-c1ccc(F)cc1. The van der Waals surface area contributed by atoms with Gasteiger partial charge in [0, 0.05) is 37.3 Å². The Balaban J connectivity index is 1.64. The molecule has 3 aromatic rings. The number of nitro benzene ring substituents is 1. The third kappa shape index (κ3) is 3.81. The lowest BCUT2D eigenvalue weighted by Crippen LogP contribution is -2.38. The molecule has 1 aliphatic heterocycles. The van der Waals surface area contributed by atoms with Gasteiger partial charge >= 0.3 is 0 Å². The first-order valence-electron chi connectivity index (χ1n) is 8.82. The number of rotatable bonds is 5. The lowest BCUT2D eigenvalue weighted by molar-refractivity contribution is -0.384. The van der Waals surface area contributed by atoms with Gasteiger partial charge in [0.1, 0.15) is 5.82 Å². The van der Waals surface area contributed by atoms with Crippen LogP contribution in [0.1, 0.15) is 0 Å². The maximum absolute atomic E-state index is 13.2. The Labute approximate surface area is 155 Å². The fourth-order valence-corrected chi connectivity index (χ4v) is 3.31. The zero-order valence-corrected chi connectivity index (χ0v) is 14.7. The lowest BCUT2D eigenvalue weighted by Gasteiger charge is -2.26. The molecule has 1 fully saturated rings. The first kappa shape index (κ1) is 17.6. The second kappa shape index (κ2) is 7.42. The largest absolute Gasteiger partial charge is 0.379 e. The van der Waals surface area contributed by atoms with Crippen molar-refractivity contribution >= 4 is 16.6 Å². The van der Waals surface area contributed by atoms with Crippen LogP contribution in [0.4, 0.5) is 10.1 Å². The third-order valence-electron chi connectivity index (χ3n) is 4.77. The summed E-state index contributed by atoms with van der Waals surface area (Å²) in [6.45, 7) is 4.85. The smallest absolute Gasteiger partial charge is 0.278 e. The average molecular weight is 370 g/mol. The summed E-state index contributed by atoms with van der Waals surface area (Å²) >= 11 is 0. The summed E-state index contributed by atoms with van der Waals surface area (Å²) in [5, 5.41) is 16.8. The van der Waals surface area contributed by atoms with E-state index in [1.165, 1.54) is 18.2 Å². The standard InChI is InChI=1S/C19H19FN4O3/c20-16-3-1-14(2-4-16)17-12-18-15(11-19(17)24(25)26)13-23(21-18)6-5-22-7-9-27-10-8-22/h1-4,11-13H,5-10H2. The van der Waals surface area contributed by atoms with Crippen LogP contribution in [0, 0.1) is 15.9 Å². The number of ether oxygens (including phenoxy) is 1. The number of hydrogen-bond donors (Lipinski definition) is 0. The molecule has 0 saturated carbocycles. The van der Waals surface area contributed by atoms with Gasteiger partial charge in [0.05, 0.1) is 35.8 Å². The van der Waals surface area contributed by atoms with E-state index in [0.717, 1.165) is 38.2 Å². The second-order valence-corrected chi connectivity index (χ2v) is 6.54. The quantitative estimate of drug-likeness (QED) is 0.510. The van der Waals surface area contributed by atoms with Gasteiger partial charge in [-0.15, -0.1) is 0 Å². The fourth-order valence-electron chi connectivity index (χ4n) is 3.31. The Morgan fingerprint density at radius 1 is 1.15 bits per heavy atom. The summed E-state index contributed by atoms with van der Waals surface area (Å²) in [6.07, 6.45) is 1.83. The molecule has 0 unspecified atom stereocenters. The van der Waals surface area contributed by atoms with Gasteiger partial charge < -0.3 is 4.74 Å². The van der Waals surface area contributed by atoms with Crippen molar-refractivity contribution in [3.8, 4) is 11.1 Å². The molecule has 0 N–H and O–H groups in total. The predicted octanol–water partition coefficient (Wildman–Crippen LogP) is 3.08. The molecule has 1 saturated heterocycles. The monoisotopic (exact) mass is 370 g/mol. The zero-order chi connectivity index (χ0) is 18.8. The Bertz CT molecular complexity index is 965. The van der Waals surface area contributed by atoms with Gasteiger partial charge in [0.2, 0.25) is 0 Å². The van der Waals surface area contributed by atoms with E-state index in [0.29, 0.717) is 23.2 Å². The van der Waals surface area contributed by atoms with Gasteiger partial charge in [0.25, 0.3) is 5.69 Å². The van der Waals surface area contributed by atoms with E-state index in [-0.39, 0.29) is 11.5 Å². The van der Waals surface area contributed by atoms with Crippen LogP contribution in [-0.4, -0.2) is 52.5 Å². The Morgan fingerprint density at radius 3 is 2.59 bits per heavy atom. The van der Waals surface area contributed by atoms with Crippen LogP contribution >= 0.6 is 0 Å². The minimum absolute atomic E-state index is 0.0122. The van der Waals surface area contributed by atoms with Crippen LogP contribution in [0.3, 0.4) is 0 Å². The highest BCUT2D eigenvalue weighted by Crippen LogP contribution is 2.33. The summed E-state index contributed by atoms with van der Waals surface area (Å²) in [7, 11) is 0. The van der Waals surface area contributed by atoms with Gasteiger partial charge in [-0.2, -0.15) is 5.10 Å². The summed E-state index contributed by atoms with van der Waals surface area (Å²) in [4.78, 5) is 13.4. The number of morpholine rings is 1. The van der Waals surface area contributed by atoms with Crippen molar-refractivity contribution in [1.29, 1.82) is 0 Å². The Morgan fingerprint density at radius 2 is 1.89 bits per heavy atom. The number of nitro groups is 1. The second-order valence-electron chi connectivity index (χ2n) is 6.54. The van der Waals surface area contributed by atoms with Crippen molar-refractivity contribution in [2.45, 2.75) is 6.54 Å². The Hall–Kier alpha value is -2.84. The molecule has 2 heterocycles. The summed E-state index contributed by atoms with van der Waals surface area (Å²) < 4.78 is 20.4. The van der Waals surface area contributed by atoms with E-state index in [9.17, 15) is 14.5 Å². The van der Waals surface area contributed by atoms with Gasteiger partial charge in [-0.25, -0.2) is 4.39 Å². The van der Waals surface area contributed by atoms with Crippen LogP contribution in [0.25, 0.3) is 22.0 Å². The molecule has 0 amide bonds. The maximum Gasteiger partial charge on any atom is 0.278 e. The van der Waals surface area contributed by atoms with Crippen LogP contribution in [0.2, 0.25) is 0 Å². The molecular weight excluding hydrogens is 351 g/mol. The van der Waals surface area contributed by atoms with Crippen LogP contribution in [0.5, 0.6) is 0 Å². The predicted molar refractivity (Wildman–Crippen MR) is 99.0 cm³/mol. The first-order valence-corrected chi connectivity index (χ1v) is 8.82. The van der Waals surface area contributed by atoms with E-state index in [1.54, 1.807) is 18.2 Å². The average Bonchev–Trinajstić information content (AvgIpc) is 3.09. The molecule has 4 rings (SSSR count). The molecule has 0 bridgehead atoms. The topological polar surface area (TPSA) is 73.4 Å². The molecule has 0 radical (unpaired) electrons. The number of nitrogens with zero attached hydrogens (tertiary/aromatic N) is 4. The van der Waals surface area contributed by atoms with Crippen molar-refractivity contribution in [1.82, 2.24) is 14.7 Å². The van der Waals surface area contributed by atoms with Crippen molar-refractivity contribution < 1.29 is 14.1 Å². The highest BCUT2D eigenvalue weighted by molar-refractivity contribution is 5.89.